The van der Waals surface area contributed by atoms with Gasteiger partial charge in [0.1, 0.15) is 12.4 Å². The molecule has 0 aromatic carbocycles. The van der Waals surface area contributed by atoms with Crippen LogP contribution in [0.4, 0.5) is 0 Å². The summed E-state index contributed by atoms with van der Waals surface area (Å²) >= 11 is 0. The van der Waals surface area contributed by atoms with Gasteiger partial charge in [0.2, 0.25) is 0 Å². The molecule has 0 rings (SSSR count). The van der Waals surface area contributed by atoms with Gasteiger partial charge in [-0.25, -0.2) is 0 Å². The van der Waals surface area contributed by atoms with E-state index in [1.165, 1.54) is 13.0 Å². The summed E-state index contributed by atoms with van der Waals surface area (Å²) in [6, 6.07) is 0. The van der Waals surface area contributed by atoms with E-state index in [0.29, 0.717) is 11.9 Å². The van der Waals surface area contributed by atoms with Crippen molar-refractivity contribution in [2.45, 2.75) is 20.3 Å². The fraction of sp³-hybridized carbons (Fsp3) is 0.444. The molecule has 78 valence electrons. The Kier molecular flexibility index (Phi) is 5.91. The molecule has 0 aliphatic rings. The SMILES string of the molecule is C=C(/C=C(\C)B(O)O)OCC(=O)CC. The van der Waals surface area contributed by atoms with Gasteiger partial charge < -0.3 is 14.8 Å². The van der Waals surface area contributed by atoms with Gasteiger partial charge in [0.05, 0.1) is 0 Å². The highest BCUT2D eigenvalue weighted by Crippen LogP contribution is 2.03. The Bertz CT molecular complexity index is 245. The second-order valence-electron chi connectivity index (χ2n) is 2.91. The number of ether oxygens (including phenoxy) is 1. The second-order valence-corrected chi connectivity index (χ2v) is 2.91. The first-order valence-electron chi connectivity index (χ1n) is 4.35. The van der Waals surface area contributed by atoms with Crippen LogP contribution in [0.1, 0.15) is 20.3 Å². The van der Waals surface area contributed by atoms with Crippen LogP contribution in [0.5, 0.6) is 0 Å². The molecule has 14 heavy (non-hydrogen) atoms. The molecule has 0 saturated carbocycles. The van der Waals surface area contributed by atoms with E-state index in [1.54, 1.807) is 6.92 Å². The number of Topliss-reactive ketones (excluding diaryl/α,β-unsaturated/α-hetero) is 1. The van der Waals surface area contributed by atoms with Crippen LogP contribution >= 0.6 is 0 Å². The average molecular weight is 198 g/mol. The number of hydrogen-bond donors (Lipinski definition) is 2. The van der Waals surface area contributed by atoms with Gasteiger partial charge in [0.25, 0.3) is 0 Å². The van der Waals surface area contributed by atoms with E-state index in [9.17, 15) is 4.79 Å². The summed E-state index contributed by atoms with van der Waals surface area (Å²) in [5, 5.41) is 17.4. The molecular weight excluding hydrogens is 183 g/mol. The van der Waals surface area contributed by atoms with Gasteiger partial charge in [0, 0.05) is 6.42 Å². The van der Waals surface area contributed by atoms with Crippen molar-refractivity contribution in [3.63, 3.8) is 0 Å². The van der Waals surface area contributed by atoms with E-state index in [4.69, 9.17) is 14.8 Å². The molecular formula is C9H15BO4. The lowest BCUT2D eigenvalue weighted by Crippen LogP contribution is -2.13. The number of allylic oxidation sites excluding steroid dienone is 2. The summed E-state index contributed by atoms with van der Waals surface area (Å²) in [7, 11) is -1.52. The Hall–Kier alpha value is -1.07. The molecule has 0 heterocycles. The van der Waals surface area contributed by atoms with Crippen LogP contribution in [0.3, 0.4) is 0 Å². The van der Waals surface area contributed by atoms with Crippen LogP contribution in [0.15, 0.2) is 23.9 Å². The predicted molar refractivity (Wildman–Crippen MR) is 54.3 cm³/mol. The van der Waals surface area contributed by atoms with Gasteiger partial charge in [-0.1, -0.05) is 13.5 Å². The third-order valence-electron chi connectivity index (χ3n) is 1.61. The standard InChI is InChI=1S/C9H15BO4/c1-4-9(11)6-14-8(3)5-7(2)10(12)13/h5,12-13H,3-4,6H2,1-2H3/b7-5+. The van der Waals surface area contributed by atoms with Gasteiger partial charge in [-0.3, -0.25) is 4.79 Å². The molecule has 0 aliphatic heterocycles. The number of carbonyl (C=O) groups is 1. The molecule has 5 heteroatoms. The lowest BCUT2D eigenvalue weighted by Gasteiger charge is -2.05. The number of rotatable bonds is 6. The highest BCUT2D eigenvalue weighted by molar-refractivity contribution is 6.50. The minimum Gasteiger partial charge on any atom is -0.487 e. The zero-order chi connectivity index (χ0) is 11.1. The quantitative estimate of drug-likeness (QED) is 0.369. The topological polar surface area (TPSA) is 66.8 Å². The van der Waals surface area contributed by atoms with Gasteiger partial charge in [0.15, 0.2) is 5.78 Å². The van der Waals surface area contributed by atoms with Crippen molar-refractivity contribution < 1.29 is 19.6 Å². The number of carbonyl (C=O) groups excluding carboxylic acids is 1. The molecule has 2 N–H and O–H groups in total. The molecule has 0 radical (unpaired) electrons. The molecule has 0 saturated heterocycles. The summed E-state index contributed by atoms with van der Waals surface area (Å²) < 4.78 is 4.97. The molecule has 0 atom stereocenters. The van der Waals surface area contributed by atoms with E-state index < -0.39 is 7.12 Å². The summed E-state index contributed by atoms with van der Waals surface area (Å²) in [5.74, 6) is 0.221. The summed E-state index contributed by atoms with van der Waals surface area (Å²) in [6.45, 7) is 6.75. The van der Waals surface area contributed by atoms with Crippen molar-refractivity contribution in [1.82, 2.24) is 0 Å². The minimum absolute atomic E-state index is 0.0262. The average Bonchev–Trinajstić information content (AvgIpc) is 2.13. The molecule has 0 aromatic rings. The highest BCUT2D eigenvalue weighted by Gasteiger charge is 2.09. The maximum atomic E-state index is 10.9. The molecule has 0 aliphatic carbocycles. The largest absolute Gasteiger partial charge is 0.487 e. The first-order valence-corrected chi connectivity index (χ1v) is 4.35. The Morgan fingerprint density at radius 1 is 1.57 bits per heavy atom. The van der Waals surface area contributed by atoms with Crippen LogP contribution in [-0.2, 0) is 9.53 Å². The lowest BCUT2D eigenvalue weighted by atomic mass is 9.80. The maximum absolute atomic E-state index is 10.9. The molecule has 4 nitrogen and oxygen atoms in total. The molecule has 0 bridgehead atoms. The van der Waals surface area contributed by atoms with Crippen LogP contribution < -0.4 is 0 Å². The Morgan fingerprint density at radius 3 is 2.57 bits per heavy atom. The van der Waals surface area contributed by atoms with Crippen LogP contribution in [0.25, 0.3) is 0 Å². The second kappa shape index (κ2) is 6.40. The molecule has 0 amide bonds. The van der Waals surface area contributed by atoms with Gasteiger partial charge in [-0.05, 0) is 18.5 Å². The van der Waals surface area contributed by atoms with Crippen molar-refractivity contribution in [3.05, 3.63) is 23.9 Å². The highest BCUT2D eigenvalue weighted by atomic mass is 16.5. The minimum atomic E-state index is -1.52. The van der Waals surface area contributed by atoms with Crippen molar-refractivity contribution in [2.24, 2.45) is 0 Å². The zero-order valence-corrected chi connectivity index (χ0v) is 8.49. The third kappa shape index (κ3) is 5.56. The summed E-state index contributed by atoms with van der Waals surface area (Å²) in [6.07, 6.45) is 1.80. The van der Waals surface area contributed by atoms with E-state index in [2.05, 4.69) is 6.58 Å². The lowest BCUT2D eigenvalue weighted by molar-refractivity contribution is -0.121. The van der Waals surface area contributed by atoms with E-state index in [1.807, 2.05) is 0 Å². The summed E-state index contributed by atoms with van der Waals surface area (Å²) in [5.41, 5.74) is 0.318. The van der Waals surface area contributed by atoms with Crippen LogP contribution in [0.2, 0.25) is 0 Å². The fourth-order valence-electron chi connectivity index (χ4n) is 0.645. The normalized spacial score (nSPS) is 11.0. The van der Waals surface area contributed by atoms with E-state index in [0.717, 1.165) is 0 Å². The molecule has 0 spiro atoms. The Balaban J connectivity index is 3.99. The van der Waals surface area contributed by atoms with Gasteiger partial charge >= 0.3 is 7.12 Å². The Morgan fingerprint density at radius 2 is 2.14 bits per heavy atom. The van der Waals surface area contributed by atoms with Crippen molar-refractivity contribution in [1.29, 1.82) is 0 Å². The van der Waals surface area contributed by atoms with Crippen molar-refractivity contribution >= 4 is 12.9 Å². The molecule has 0 aromatic heterocycles. The van der Waals surface area contributed by atoms with E-state index in [-0.39, 0.29) is 18.1 Å². The number of ketones is 1. The van der Waals surface area contributed by atoms with Crippen molar-refractivity contribution in [3.8, 4) is 0 Å². The van der Waals surface area contributed by atoms with E-state index >= 15 is 0 Å². The van der Waals surface area contributed by atoms with Gasteiger partial charge in [-0.15, -0.1) is 0 Å². The third-order valence-corrected chi connectivity index (χ3v) is 1.61. The monoisotopic (exact) mass is 198 g/mol. The molecule has 0 unspecified atom stereocenters. The first kappa shape index (κ1) is 12.9. The zero-order valence-electron chi connectivity index (χ0n) is 8.49. The van der Waals surface area contributed by atoms with Crippen LogP contribution in [0, 0.1) is 0 Å². The maximum Gasteiger partial charge on any atom is 0.483 e. The van der Waals surface area contributed by atoms with Crippen LogP contribution in [-0.4, -0.2) is 29.6 Å². The summed E-state index contributed by atoms with van der Waals surface area (Å²) in [4.78, 5) is 10.9. The predicted octanol–water partition coefficient (Wildman–Crippen LogP) is 0.454. The Labute approximate surface area is 84.0 Å². The first-order chi connectivity index (χ1) is 6.47. The number of hydrogen-bond acceptors (Lipinski definition) is 4. The van der Waals surface area contributed by atoms with Gasteiger partial charge in [-0.2, -0.15) is 0 Å². The fourth-order valence-corrected chi connectivity index (χ4v) is 0.645. The van der Waals surface area contributed by atoms with Crippen molar-refractivity contribution in [2.75, 3.05) is 6.61 Å². The molecule has 0 fully saturated rings. The smallest absolute Gasteiger partial charge is 0.483 e.